The third kappa shape index (κ3) is 4.15. The molecule has 2 aromatic rings. The summed E-state index contributed by atoms with van der Waals surface area (Å²) in [7, 11) is 0. The molecule has 0 saturated carbocycles. The molecule has 0 unspecified atom stereocenters. The summed E-state index contributed by atoms with van der Waals surface area (Å²) in [5.41, 5.74) is 0.958. The molecular formula is C21H26N2O3. The quantitative estimate of drug-likeness (QED) is 0.789. The highest BCUT2D eigenvalue weighted by Crippen LogP contribution is 2.25. The number of benzene rings is 1. The van der Waals surface area contributed by atoms with Crippen LogP contribution in [0.4, 0.5) is 5.69 Å². The van der Waals surface area contributed by atoms with Gasteiger partial charge in [0.2, 0.25) is 5.91 Å². The van der Waals surface area contributed by atoms with E-state index >= 15 is 0 Å². The number of hydrogen-bond donors (Lipinski definition) is 0. The van der Waals surface area contributed by atoms with E-state index in [1.165, 1.54) is 6.26 Å². The Kier molecular flexibility index (Phi) is 6.10. The number of amides is 2. The minimum absolute atomic E-state index is 0.0345. The normalized spacial score (nSPS) is 15.0. The van der Waals surface area contributed by atoms with E-state index in [1.54, 1.807) is 17.0 Å². The number of para-hydroxylation sites is 1. The molecule has 1 saturated heterocycles. The Labute approximate surface area is 154 Å². The SMILES string of the molecule is CCCCN(C(=O)C1CCN(C(=O)c2ccco2)CC1)c1ccccc1. The van der Waals surface area contributed by atoms with Crippen molar-refractivity contribution in [2.45, 2.75) is 32.6 Å². The number of piperidine rings is 1. The molecule has 0 spiro atoms. The fourth-order valence-corrected chi connectivity index (χ4v) is 3.40. The van der Waals surface area contributed by atoms with E-state index in [9.17, 15) is 9.59 Å². The van der Waals surface area contributed by atoms with Crippen molar-refractivity contribution in [2.24, 2.45) is 5.92 Å². The number of rotatable bonds is 6. The number of carbonyl (C=O) groups excluding carboxylic acids is 2. The third-order valence-corrected chi connectivity index (χ3v) is 4.93. The number of hydrogen-bond acceptors (Lipinski definition) is 3. The molecule has 0 bridgehead atoms. The molecule has 1 aromatic carbocycles. The lowest BCUT2D eigenvalue weighted by molar-refractivity contribution is -0.123. The van der Waals surface area contributed by atoms with Crippen molar-refractivity contribution in [3.05, 3.63) is 54.5 Å². The molecule has 2 amide bonds. The molecule has 3 rings (SSSR count). The Morgan fingerprint density at radius 1 is 1.12 bits per heavy atom. The number of likely N-dealkylation sites (tertiary alicyclic amines) is 1. The summed E-state index contributed by atoms with van der Waals surface area (Å²) in [6.45, 7) is 4.05. The average molecular weight is 354 g/mol. The van der Waals surface area contributed by atoms with Gasteiger partial charge in [-0.2, -0.15) is 0 Å². The number of anilines is 1. The van der Waals surface area contributed by atoms with E-state index in [4.69, 9.17) is 4.42 Å². The highest BCUT2D eigenvalue weighted by Gasteiger charge is 2.31. The first-order chi connectivity index (χ1) is 12.7. The molecule has 1 aliphatic rings. The predicted molar refractivity (Wildman–Crippen MR) is 101 cm³/mol. The Morgan fingerprint density at radius 2 is 1.85 bits per heavy atom. The molecule has 5 heteroatoms. The van der Waals surface area contributed by atoms with Crippen LogP contribution in [-0.4, -0.2) is 36.3 Å². The van der Waals surface area contributed by atoms with Gasteiger partial charge in [-0.3, -0.25) is 9.59 Å². The van der Waals surface area contributed by atoms with E-state index in [-0.39, 0.29) is 17.7 Å². The van der Waals surface area contributed by atoms with Crippen LogP contribution < -0.4 is 4.90 Å². The summed E-state index contributed by atoms with van der Waals surface area (Å²) < 4.78 is 5.20. The summed E-state index contributed by atoms with van der Waals surface area (Å²) in [5.74, 6) is 0.415. The molecule has 0 N–H and O–H groups in total. The van der Waals surface area contributed by atoms with E-state index in [1.807, 2.05) is 35.2 Å². The highest BCUT2D eigenvalue weighted by molar-refractivity contribution is 5.95. The van der Waals surface area contributed by atoms with Crippen LogP contribution in [0.2, 0.25) is 0 Å². The Bertz CT molecular complexity index is 704. The fraction of sp³-hybridized carbons (Fsp3) is 0.429. The maximum Gasteiger partial charge on any atom is 0.289 e. The largest absolute Gasteiger partial charge is 0.459 e. The highest BCUT2D eigenvalue weighted by atomic mass is 16.3. The molecule has 1 fully saturated rings. The summed E-state index contributed by atoms with van der Waals surface area (Å²) >= 11 is 0. The van der Waals surface area contributed by atoms with E-state index in [0.717, 1.165) is 25.1 Å². The van der Waals surface area contributed by atoms with Crippen LogP contribution in [0.1, 0.15) is 43.2 Å². The Morgan fingerprint density at radius 3 is 2.46 bits per heavy atom. The van der Waals surface area contributed by atoms with Gasteiger partial charge in [0.05, 0.1) is 6.26 Å². The number of carbonyl (C=O) groups is 2. The van der Waals surface area contributed by atoms with Gasteiger partial charge in [0.25, 0.3) is 5.91 Å². The summed E-state index contributed by atoms with van der Waals surface area (Å²) in [5, 5.41) is 0. The number of furan rings is 1. The Hall–Kier alpha value is -2.56. The predicted octanol–water partition coefficient (Wildman–Crippen LogP) is 3.97. The lowest BCUT2D eigenvalue weighted by Crippen LogP contribution is -2.44. The summed E-state index contributed by atoms with van der Waals surface area (Å²) in [4.78, 5) is 29.2. The van der Waals surface area contributed by atoms with Crippen molar-refractivity contribution < 1.29 is 14.0 Å². The zero-order chi connectivity index (χ0) is 18.4. The molecule has 0 radical (unpaired) electrons. The van der Waals surface area contributed by atoms with Crippen molar-refractivity contribution in [2.75, 3.05) is 24.5 Å². The zero-order valence-electron chi connectivity index (χ0n) is 15.3. The molecule has 1 aliphatic heterocycles. The fourth-order valence-electron chi connectivity index (χ4n) is 3.40. The van der Waals surface area contributed by atoms with Crippen LogP contribution in [0, 0.1) is 5.92 Å². The molecule has 0 aliphatic carbocycles. The van der Waals surface area contributed by atoms with Gasteiger partial charge in [0.1, 0.15) is 0 Å². The van der Waals surface area contributed by atoms with Gasteiger partial charge < -0.3 is 14.2 Å². The van der Waals surface area contributed by atoms with E-state index in [0.29, 0.717) is 31.7 Å². The minimum Gasteiger partial charge on any atom is -0.459 e. The van der Waals surface area contributed by atoms with Crippen molar-refractivity contribution in [3.8, 4) is 0 Å². The molecule has 5 nitrogen and oxygen atoms in total. The van der Waals surface area contributed by atoms with Gasteiger partial charge >= 0.3 is 0 Å². The molecular weight excluding hydrogens is 328 g/mol. The second-order valence-corrected chi connectivity index (χ2v) is 6.72. The topological polar surface area (TPSA) is 53.8 Å². The lowest BCUT2D eigenvalue weighted by Gasteiger charge is -2.34. The van der Waals surface area contributed by atoms with E-state index in [2.05, 4.69) is 6.92 Å². The van der Waals surface area contributed by atoms with Crippen molar-refractivity contribution in [1.29, 1.82) is 0 Å². The van der Waals surface area contributed by atoms with Crippen LogP contribution in [-0.2, 0) is 4.79 Å². The van der Waals surface area contributed by atoms with Gasteiger partial charge in [-0.25, -0.2) is 0 Å². The summed E-state index contributed by atoms with van der Waals surface area (Å²) in [6.07, 6.45) is 4.93. The first-order valence-corrected chi connectivity index (χ1v) is 9.40. The van der Waals surface area contributed by atoms with Crippen molar-refractivity contribution in [3.63, 3.8) is 0 Å². The average Bonchev–Trinajstić information content (AvgIpc) is 3.23. The van der Waals surface area contributed by atoms with Crippen LogP contribution in [0.3, 0.4) is 0 Å². The van der Waals surface area contributed by atoms with Gasteiger partial charge in [-0.15, -0.1) is 0 Å². The molecule has 1 aromatic heterocycles. The first-order valence-electron chi connectivity index (χ1n) is 9.40. The standard InChI is InChI=1S/C21H26N2O3/c1-2-3-13-23(18-8-5-4-6-9-18)20(24)17-11-14-22(15-12-17)21(25)19-10-7-16-26-19/h4-10,16-17H,2-3,11-15H2,1H3. The maximum atomic E-state index is 13.1. The van der Waals surface area contributed by atoms with Gasteiger partial charge in [0, 0.05) is 31.2 Å². The minimum atomic E-state index is -0.0909. The number of nitrogens with zero attached hydrogens (tertiary/aromatic N) is 2. The van der Waals surface area contributed by atoms with Crippen LogP contribution in [0.5, 0.6) is 0 Å². The van der Waals surface area contributed by atoms with Crippen molar-refractivity contribution >= 4 is 17.5 Å². The third-order valence-electron chi connectivity index (χ3n) is 4.93. The van der Waals surface area contributed by atoms with Crippen LogP contribution in [0.25, 0.3) is 0 Å². The van der Waals surface area contributed by atoms with Gasteiger partial charge in [0.15, 0.2) is 5.76 Å². The lowest BCUT2D eigenvalue weighted by atomic mass is 9.94. The van der Waals surface area contributed by atoms with Crippen LogP contribution >= 0.6 is 0 Å². The zero-order valence-corrected chi connectivity index (χ0v) is 15.3. The Balaban J connectivity index is 1.63. The summed E-state index contributed by atoms with van der Waals surface area (Å²) in [6, 6.07) is 13.3. The maximum absolute atomic E-state index is 13.1. The molecule has 0 atom stereocenters. The second kappa shape index (κ2) is 8.70. The molecule has 26 heavy (non-hydrogen) atoms. The van der Waals surface area contributed by atoms with E-state index < -0.39 is 0 Å². The monoisotopic (exact) mass is 354 g/mol. The number of unbranched alkanes of at least 4 members (excludes halogenated alkanes) is 1. The smallest absolute Gasteiger partial charge is 0.289 e. The first kappa shape index (κ1) is 18.2. The molecule has 2 heterocycles. The molecule has 138 valence electrons. The van der Waals surface area contributed by atoms with Gasteiger partial charge in [-0.05, 0) is 43.5 Å². The second-order valence-electron chi connectivity index (χ2n) is 6.72. The van der Waals surface area contributed by atoms with Crippen molar-refractivity contribution in [1.82, 2.24) is 4.90 Å². The van der Waals surface area contributed by atoms with Crippen LogP contribution in [0.15, 0.2) is 53.1 Å². The van der Waals surface area contributed by atoms with Gasteiger partial charge in [-0.1, -0.05) is 31.5 Å².